The maximum atomic E-state index is 10.6. The molecule has 0 aliphatic rings. The number of aliphatic hydroxyl groups excluding tert-OH is 1. The van der Waals surface area contributed by atoms with E-state index < -0.39 is 5.97 Å². The summed E-state index contributed by atoms with van der Waals surface area (Å²) in [6, 6.07) is 1.68. The fraction of sp³-hybridized carbons (Fsp3) is 0.444. The van der Waals surface area contributed by atoms with Gasteiger partial charge in [0.1, 0.15) is 4.88 Å². The zero-order chi connectivity index (χ0) is 9.84. The maximum Gasteiger partial charge on any atom is 0.345 e. The van der Waals surface area contributed by atoms with Crippen molar-refractivity contribution < 1.29 is 15.0 Å². The van der Waals surface area contributed by atoms with Crippen molar-refractivity contribution in [2.45, 2.75) is 19.8 Å². The van der Waals surface area contributed by atoms with Crippen molar-refractivity contribution in [3.8, 4) is 0 Å². The fourth-order valence-corrected chi connectivity index (χ4v) is 2.17. The summed E-state index contributed by atoms with van der Waals surface area (Å²) in [4.78, 5) is 12.0. The number of hydrogen-bond donors (Lipinski definition) is 2. The van der Waals surface area contributed by atoms with E-state index in [9.17, 15) is 4.79 Å². The lowest BCUT2D eigenvalue weighted by atomic mass is 10.2. The molecule has 72 valence electrons. The number of carboxylic acids is 1. The predicted octanol–water partition coefficient (Wildman–Crippen LogP) is 1.68. The molecule has 0 spiro atoms. The van der Waals surface area contributed by atoms with E-state index in [1.807, 2.05) is 6.92 Å². The molecule has 0 aromatic carbocycles. The van der Waals surface area contributed by atoms with E-state index in [2.05, 4.69) is 0 Å². The number of hydrogen-bond acceptors (Lipinski definition) is 3. The van der Waals surface area contributed by atoms with Gasteiger partial charge in [0.15, 0.2) is 0 Å². The van der Waals surface area contributed by atoms with Crippen molar-refractivity contribution in [3.05, 3.63) is 21.4 Å². The van der Waals surface area contributed by atoms with Gasteiger partial charge in [0.2, 0.25) is 0 Å². The molecule has 0 saturated heterocycles. The smallest absolute Gasteiger partial charge is 0.345 e. The van der Waals surface area contributed by atoms with Gasteiger partial charge in [-0.15, -0.1) is 11.3 Å². The van der Waals surface area contributed by atoms with Gasteiger partial charge >= 0.3 is 5.97 Å². The van der Waals surface area contributed by atoms with E-state index in [1.165, 1.54) is 11.3 Å². The second-order valence-electron chi connectivity index (χ2n) is 2.85. The van der Waals surface area contributed by atoms with E-state index in [1.54, 1.807) is 6.07 Å². The van der Waals surface area contributed by atoms with Crippen LogP contribution >= 0.6 is 11.3 Å². The lowest BCUT2D eigenvalue weighted by Gasteiger charge is -1.95. The Balaban J connectivity index is 2.77. The molecule has 1 heterocycles. The summed E-state index contributed by atoms with van der Waals surface area (Å²) < 4.78 is 0. The minimum Gasteiger partial charge on any atom is -0.477 e. The van der Waals surface area contributed by atoms with Gasteiger partial charge in [0.25, 0.3) is 0 Å². The standard InChI is InChI=1S/C9H12O3S/c1-6-5-8(9(11)12)13-7(6)3-2-4-10/h5,10H,2-4H2,1H3,(H,11,12). The van der Waals surface area contributed by atoms with Crippen LogP contribution in [0.1, 0.15) is 26.5 Å². The predicted molar refractivity (Wildman–Crippen MR) is 51.4 cm³/mol. The Hall–Kier alpha value is -0.870. The highest BCUT2D eigenvalue weighted by atomic mass is 32.1. The van der Waals surface area contributed by atoms with Crippen molar-refractivity contribution >= 4 is 17.3 Å². The molecule has 0 bridgehead atoms. The number of carboxylic acid groups (broad SMARTS) is 1. The van der Waals surface area contributed by atoms with Gasteiger partial charge in [-0.2, -0.15) is 0 Å². The molecule has 13 heavy (non-hydrogen) atoms. The van der Waals surface area contributed by atoms with Crippen LogP contribution in [0.15, 0.2) is 6.07 Å². The highest BCUT2D eigenvalue weighted by Crippen LogP contribution is 2.22. The van der Waals surface area contributed by atoms with Gasteiger partial charge in [-0.05, 0) is 31.4 Å². The van der Waals surface area contributed by atoms with E-state index in [4.69, 9.17) is 10.2 Å². The Morgan fingerprint density at radius 3 is 2.77 bits per heavy atom. The Morgan fingerprint density at radius 2 is 2.31 bits per heavy atom. The average molecular weight is 200 g/mol. The van der Waals surface area contributed by atoms with Crippen LogP contribution in [0.25, 0.3) is 0 Å². The van der Waals surface area contributed by atoms with E-state index in [0.29, 0.717) is 11.3 Å². The molecule has 1 aromatic rings. The molecule has 0 aliphatic heterocycles. The molecule has 0 saturated carbocycles. The number of thiophene rings is 1. The molecular weight excluding hydrogens is 188 g/mol. The number of rotatable bonds is 4. The molecule has 1 rings (SSSR count). The van der Waals surface area contributed by atoms with Crippen molar-refractivity contribution in [2.75, 3.05) is 6.61 Å². The minimum absolute atomic E-state index is 0.153. The van der Waals surface area contributed by atoms with Crippen LogP contribution in [0.5, 0.6) is 0 Å². The summed E-state index contributed by atoms with van der Waals surface area (Å²) in [6.45, 7) is 2.05. The third kappa shape index (κ3) is 2.54. The van der Waals surface area contributed by atoms with Gasteiger partial charge in [-0.3, -0.25) is 0 Å². The van der Waals surface area contributed by atoms with Crippen molar-refractivity contribution in [1.82, 2.24) is 0 Å². The number of aromatic carboxylic acids is 1. The van der Waals surface area contributed by atoms with Crippen LogP contribution < -0.4 is 0 Å². The second-order valence-corrected chi connectivity index (χ2v) is 3.99. The monoisotopic (exact) mass is 200 g/mol. The van der Waals surface area contributed by atoms with Crippen LogP contribution in [0.2, 0.25) is 0 Å². The summed E-state index contributed by atoms with van der Waals surface area (Å²) in [7, 11) is 0. The second kappa shape index (κ2) is 4.39. The Bertz CT molecular complexity index is 304. The van der Waals surface area contributed by atoms with Crippen LogP contribution in [-0.4, -0.2) is 22.8 Å². The highest BCUT2D eigenvalue weighted by Gasteiger charge is 2.10. The maximum absolute atomic E-state index is 10.6. The van der Waals surface area contributed by atoms with Crippen LogP contribution in [0.3, 0.4) is 0 Å². The first-order valence-corrected chi connectivity index (χ1v) is 4.90. The van der Waals surface area contributed by atoms with Gasteiger partial charge in [0.05, 0.1) is 0 Å². The van der Waals surface area contributed by atoms with Crippen molar-refractivity contribution in [1.29, 1.82) is 0 Å². The zero-order valence-corrected chi connectivity index (χ0v) is 8.23. The molecule has 4 heteroatoms. The summed E-state index contributed by atoms with van der Waals surface area (Å²) in [6.07, 6.45) is 1.46. The van der Waals surface area contributed by atoms with E-state index in [0.717, 1.165) is 16.9 Å². The molecular formula is C9H12O3S. The van der Waals surface area contributed by atoms with Gasteiger partial charge in [-0.1, -0.05) is 0 Å². The van der Waals surface area contributed by atoms with Crippen molar-refractivity contribution in [3.63, 3.8) is 0 Å². The van der Waals surface area contributed by atoms with Gasteiger partial charge in [0, 0.05) is 11.5 Å². The first kappa shape index (κ1) is 10.2. The van der Waals surface area contributed by atoms with Crippen LogP contribution in [-0.2, 0) is 6.42 Å². The minimum atomic E-state index is -0.872. The van der Waals surface area contributed by atoms with Gasteiger partial charge in [-0.25, -0.2) is 4.79 Å². The topological polar surface area (TPSA) is 57.5 Å². The molecule has 0 fully saturated rings. The normalized spacial score (nSPS) is 10.3. The lowest BCUT2D eigenvalue weighted by molar-refractivity contribution is 0.0702. The third-order valence-corrected chi connectivity index (χ3v) is 3.08. The number of carbonyl (C=O) groups is 1. The molecule has 3 nitrogen and oxygen atoms in total. The molecule has 0 unspecified atom stereocenters. The summed E-state index contributed by atoms with van der Waals surface area (Å²) >= 11 is 1.30. The zero-order valence-electron chi connectivity index (χ0n) is 7.41. The summed E-state index contributed by atoms with van der Waals surface area (Å²) in [5, 5.41) is 17.3. The quantitative estimate of drug-likeness (QED) is 0.777. The molecule has 2 N–H and O–H groups in total. The first-order chi connectivity index (χ1) is 6.15. The molecule has 0 aliphatic carbocycles. The third-order valence-electron chi connectivity index (χ3n) is 1.79. The molecule has 0 amide bonds. The number of aliphatic hydroxyl groups is 1. The van der Waals surface area contributed by atoms with E-state index >= 15 is 0 Å². The fourth-order valence-electron chi connectivity index (χ4n) is 1.11. The van der Waals surface area contributed by atoms with Crippen LogP contribution in [0, 0.1) is 6.92 Å². The molecule has 0 radical (unpaired) electrons. The molecule has 0 atom stereocenters. The average Bonchev–Trinajstić information content (AvgIpc) is 2.44. The Kier molecular flexibility index (Phi) is 3.45. The lowest BCUT2D eigenvalue weighted by Crippen LogP contribution is -1.89. The van der Waals surface area contributed by atoms with Crippen molar-refractivity contribution in [2.24, 2.45) is 0 Å². The Labute approximate surface area is 80.6 Å². The SMILES string of the molecule is Cc1cc(C(=O)O)sc1CCCO. The summed E-state index contributed by atoms with van der Waals surface area (Å²) in [5.74, 6) is -0.872. The van der Waals surface area contributed by atoms with E-state index in [-0.39, 0.29) is 6.61 Å². The largest absolute Gasteiger partial charge is 0.477 e. The van der Waals surface area contributed by atoms with Crippen LogP contribution in [0.4, 0.5) is 0 Å². The first-order valence-electron chi connectivity index (χ1n) is 4.08. The Morgan fingerprint density at radius 1 is 1.62 bits per heavy atom. The van der Waals surface area contributed by atoms with Gasteiger partial charge < -0.3 is 10.2 Å². The molecule has 1 aromatic heterocycles. The number of aryl methyl sites for hydroxylation is 2. The highest BCUT2D eigenvalue weighted by molar-refractivity contribution is 7.14. The summed E-state index contributed by atoms with van der Waals surface area (Å²) in [5.41, 5.74) is 1.01.